The highest BCUT2D eigenvalue weighted by atomic mass is 32.2. The summed E-state index contributed by atoms with van der Waals surface area (Å²) in [5, 5.41) is 0. The number of benzene rings is 1. The second-order valence-corrected chi connectivity index (χ2v) is 11.3. The summed E-state index contributed by atoms with van der Waals surface area (Å²) >= 11 is 0. The van der Waals surface area contributed by atoms with Crippen molar-refractivity contribution in [3.05, 3.63) is 41.5 Å². The monoisotopic (exact) mass is 435 g/mol. The maximum atomic E-state index is 13.4. The number of carbonyl (C=O) groups is 1. The predicted octanol–water partition coefficient (Wildman–Crippen LogP) is 3.32. The largest absolute Gasteiger partial charge is 0.382 e. The van der Waals surface area contributed by atoms with Crippen molar-refractivity contribution in [2.45, 2.75) is 50.3 Å². The van der Waals surface area contributed by atoms with Crippen LogP contribution in [0.5, 0.6) is 0 Å². The van der Waals surface area contributed by atoms with Crippen molar-refractivity contribution in [2.75, 3.05) is 40.0 Å². The van der Waals surface area contributed by atoms with Crippen LogP contribution in [-0.2, 0) is 29.7 Å². The van der Waals surface area contributed by atoms with Crippen LogP contribution in [0.15, 0.2) is 40.8 Å². The first-order valence-corrected chi connectivity index (χ1v) is 11.9. The van der Waals surface area contributed by atoms with Crippen LogP contribution in [-0.4, -0.2) is 58.5 Å². The van der Waals surface area contributed by atoms with E-state index in [2.05, 4.69) is 20.8 Å². The quantitative estimate of drug-likeness (QED) is 0.615. The van der Waals surface area contributed by atoms with Crippen LogP contribution in [0, 0.1) is 5.41 Å². The van der Waals surface area contributed by atoms with E-state index in [1.807, 2.05) is 12.1 Å². The Labute approximate surface area is 180 Å². The molecule has 0 radical (unpaired) electrons. The van der Waals surface area contributed by atoms with Crippen molar-refractivity contribution in [1.29, 1.82) is 0 Å². The topological polar surface area (TPSA) is 72.9 Å². The summed E-state index contributed by atoms with van der Waals surface area (Å²) in [5.74, 6) is 0.117. The Balaban J connectivity index is 1.84. The SMILES string of the molecule is COCCOCC12CCC(=O)C=C1CCN(S(=O)(=O)c1ccc(C(C)(C)C)cc1)C2. The fourth-order valence-electron chi connectivity index (χ4n) is 4.22. The smallest absolute Gasteiger partial charge is 0.243 e. The van der Waals surface area contributed by atoms with Gasteiger partial charge >= 0.3 is 0 Å². The molecule has 0 bridgehead atoms. The summed E-state index contributed by atoms with van der Waals surface area (Å²) in [4.78, 5) is 12.3. The zero-order valence-electron chi connectivity index (χ0n) is 18.4. The molecule has 0 aromatic heterocycles. The number of hydrogen-bond donors (Lipinski definition) is 0. The van der Waals surface area contributed by atoms with E-state index < -0.39 is 15.4 Å². The minimum absolute atomic E-state index is 0.0364. The number of nitrogens with zero attached hydrogens (tertiary/aromatic N) is 1. The van der Waals surface area contributed by atoms with Crippen molar-refractivity contribution in [1.82, 2.24) is 4.31 Å². The van der Waals surface area contributed by atoms with Gasteiger partial charge in [0.25, 0.3) is 0 Å². The lowest BCUT2D eigenvalue weighted by Gasteiger charge is -2.45. The molecule has 0 N–H and O–H groups in total. The van der Waals surface area contributed by atoms with Gasteiger partial charge in [-0.2, -0.15) is 4.31 Å². The highest BCUT2D eigenvalue weighted by molar-refractivity contribution is 7.89. The Hall–Kier alpha value is -1.54. The van der Waals surface area contributed by atoms with Gasteiger partial charge in [-0.3, -0.25) is 4.79 Å². The summed E-state index contributed by atoms with van der Waals surface area (Å²) in [7, 11) is -2.00. The van der Waals surface area contributed by atoms with Gasteiger partial charge in [0.2, 0.25) is 10.0 Å². The maximum absolute atomic E-state index is 13.4. The van der Waals surface area contributed by atoms with E-state index in [9.17, 15) is 13.2 Å². The number of ether oxygens (including phenoxy) is 2. The lowest BCUT2D eigenvalue weighted by molar-refractivity contribution is -0.116. The first-order chi connectivity index (χ1) is 14.1. The number of allylic oxidation sites excluding steroid dienone is 1. The van der Waals surface area contributed by atoms with Gasteiger partial charge in [0.15, 0.2) is 5.78 Å². The van der Waals surface area contributed by atoms with E-state index in [1.54, 1.807) is 29.6 Å². The van der Waals surface area contributed by atoms with E-state index in [4.69, 9.17) is 9.47 Å². The van der Waals surface area contributed by atoms with Gasteiger partial charge in [-0.1, -0.05) is 38.5 Å². The van der Waals surface area contributed by atoms with Crippen LogP contribution in [0.3, 0.4) is 0 Å². The van der Waals surface area contributed by atoms with E-state index >= 15 is 0 Å². The maximum Gasteiger partial charge on any atom is 0.243 e. The molecule has 6 nitrogen and oxygen atoms in total. The molecule has 1 aromatic rings. The van der Waals surface area contributed by atoms with Gasteiger partial charge in [0.1, 0.15) is 0 Å². The second kappa shape index (κ2) is 8.91. The van der Waals surface area contributed by atoms with Crippen LogP contribution in [0.2, 0.25) is 0 Å². The molecule has 1 atom stereocenters. The van der Waals surface area contributed by atoms with Crippen LogP contribution in [0.1, 0.15) is 45.6 Å². The molecule has 1 fully saturated rings. The molecule has 1 aliphatic carbocycles. The van der Waals surface area contributed by atoms with Gasteiger partial charge in [-0.05, 0) is 42.0 Å². The number of piperidine rings is 1. The number of fused-ring (bicyclic) bond motifs is 1. The number of hydrogen-bond acceptors (Lipinski definition) is 5. The molecule has 1 aromatic carbocycles. The fourth-order valence-corrected chi connectivity index (χ4v) is 5.75. The van der Waals surface area contributed by atoms with Crippen molar-refractivity contribution in [3.63, 3.8) is 0 Å². The van der Waals surface area contributed by atoms with Crippen LogP contribution < -0.4 is 0 Å². The van der Waals surface area contributed by atoms with Gasteiger partial charge in [0, 0.05) is 32.0 Å². The zero-order valence-corrected chi connectivity index (χ0v) is 19.3. The van der Waals surface area contributed by atoms with Crippen LogP contribution >= 0.6 is 0 Å². The van der Waals surface area contributed by atoms with Gasteiger partial charge in [0.05, 0.1) is 24.7 Å². The van der Waals surface area contributed by atoms with Crippen molar-refractivity contribution < 1.29 is 22.7 Å². The number of carbonyl (C=O) groups excluding carboxylic acids is 1. The number of ketones is 1. The summed E-state index contributed by atoms with van der Waals surface area (Å²) in [5.41, 5.74) is 1.63. The first-order valence-electron chi connectivity index (χ1n) is 10.5. The molecular formula is C23H33NO5S. The molecular weight excluding hydrogens is 402 g/mol. The summed E-state index contributed by atoms with van der Waals surface area (Å²) in [6.07, 6.45) is 3.30. The number of methoxy groups -OCH3 is 1. The molecule has 3 rings (SSSR count). The molecule has 2 aliphatic rings. The van der Waals surface area contributed by atoms with E-state index in [-0.39, 0.29) is 11.2 Å². The highest BCUT2D eigenvalue weighted by Gasteiger charge is 2.45. The van der Waals surface area contributed by atoms with Gasteiger partial charge < -0.3 is 9.47 Å². The Morgan fingerprint density at radius 3 is 2.43 bits per heavy atom. The molecule has 166 valence electrons. The van der Waals surface area contributed by atoms with Crippen molar-refractivity contribution >= 4 is 15.8 Å². The van der Waals surface area contributed by atoms with Gasteiger partial charge in [-0.15, -0.1) is 0 Å². The lowest BCUT2D eigenvalue weighted by atomic mass is 9.69. The summed E-state index contributed by atoms with van der Waals surface area (Å²) in [6, 6.07) is 7.19. The standard InChI is InChI=1S/C23H33NO5S/c1-22(2,3)18-5-7-21(8-6-18)30(26,27)24-12-10-19-15-20(25)9-11-23(19,16-24)17-29-14-13-28-4/h5-8,15H,9-14,16-17H2,1-4H3. The Bertz CT molecular complexity index is 899. The normalized spacial score (nSPS) is 23.2. The molecule has 1 heterocycles. The Morgan fingerprint density at radius 1 is 1.10 bits per heavy atom. The minimum Gasteiger partial charge on any atom is -0.382 e. The fraction of sp³-hybridized carbons (Fsp3) is 0.609. The molecule has 7 heteroatoms. The average molecular weight is 436 g/mol. The Morgan fingerprint density at radius 2 is 1.80 bits per heavy atom. The van der Waals surface area contributed by atoms with Crippen molar-refractivity contribution in [2.24, 2.45) is 5.41 Å². The van der Waals surface area contributed by atoms with Gasteiger partial charge in [-0.25, -0.2) is 8.42 Å². The molecule has 1 aliphatic heterocycles. The third-order valence-corrected chi connectivity index (χ3v) is 8.00. The third-order valence-electron chi connectivity index (χ3n) is 6.14. The third kappa shape index (κ3) is 4.85. The first kappa shape index (κ1) is 23.1. The summed E-state index contributed by atoms with van der Waals surface area (Å²) in [6.45, 7) is 8.35. The van der Waals surface area contributed by atoms with Crippen LogP contribution in [0.4, 0.5) is 0 Å². The predicted molar refractivity (Wildman–Crippen MR) is 116 cm³/mol. The molecule has 1 saturated heterocycles. The molecule has 1 unspecified atom stereocenters. The van der Waals surface area contributed by atoms with Crippen molar-refractivity contribution in [3.8, 4) is 0 Å². The van der Waals surface area contributed by atoms with E-state index in [0.29, 0.717) is 57.1 Å². The highest BCUT2D eigenvalue weighted by Crippen LogP contribution is 2.44. The van der Waals surface area contributed by atoms with Crippen LogP contribution in [0.25, 0.3) is 0 Å². The average Bonchev–Trinajstić information content (AvgIpc) is 2.70. The molecule has 0 spiro atoms. The van der Waals surface area contributed by atoms with E-state index in [0.717, 1.165) is 11.1 Å². The number of rotatable bonds is 7. The lowest BCUT2D eigenvalue weighted by Crippen LogP contribution is -2.51. The Kier molecular flexibility index (Phi) is 6.87. The second-order valence-electron chi connectivity index (χ2n) is 9.32. The molecule has 0 saturated carbocycles. The molecule has 0 amide bonds. The van der Waals surface area contributed by atoms with E-state index in [1.165, 1.54) is 0 Å². The molecule has 30 heavy (non-hydrogen) atoms. The zero-order chi connectivity index (χ0) is 22.0. The number of sulfonamides is 1. The minimum atomic E-state index is -3.62. The summed E-state index contributed by atoms with van der Waals surface area (Å²) < 4.78 is 39.2.